The first-order valence-electron chi connectivity index (χ1n) is 5.98. The summed E-state index contributed by atoms with van der Waals surface area (Å²) in [6, 6.07) is 0.727. The van der Waals surface area contributed by atoms with Gasteiger partial charge in [0.1, 0.15) is 0 Å². The van der Waals surface area contributed by atoms with Crippen molar-refractivity contribution in [3.8, 4) is 0 Å². The van der Waals surface area contributed by atoms with Gasteiger partial charge < -0.3 is 5.73 Å². The number of aromatic nitrogens is 1. The molecule has 2 N–H and O–H groups in total. The average Bonchev–Trinajstić information content (AvgIpc) is 2.62. The fourth-order valence-corrected chi connectivity index (χ4v) is 3.22. The van der Waals surface area contributed by atoms with Crippen LogP contribution in [0.2, 0.25) is 0 Å². The predicted molar refractivity (Wildman–Crippen MR) is 68.6 cm³/mol. The van der Waals surface area contributed by atoms with Gasteiger partial charge in [-0.2, -0.15) is 0 Å². The predicted octanol–water partition coefficient (Wildman–Crippen LogP) is 2.18. The van der Waals surface area contributed by atoms with Crippen molar-refractivity contribution in [1.29, 1.82) is 0 Å². The fraction of sp³-hybridized carbons (Fsp3) is 0.750. The lowest BCUT2D eigenvalue weighted by atomic mass is 9.95. The Morgan fingerprint density at radius 3 is 2.88 bits per heavy atom. The van der Waals surface area contributed by atoms with Gasteiger partial charge in [0, 0.05) is 24.5 Å². The summed E-state index contributed by atoms with van der Waals surface area (Å²) in [7, 11) is 0. The summed E-state index contributed by atoms with van der Waals surface area (Å²) in [6.07, 6.45) is 1.15. The van der Waals surface area contributed by atoms with E-state index in [2.05, 4.69) is 36.0 Å². The van der Waals surface area contributed by atoms with Gasteiger partial charge in [0.15, 0.2) is 0 Å². The molecule has 1 aromatic rings. The van der Waals surface area contributed by atoms with Gasteiger partial charge in [-0.25, -0.2) is 4.98 Å². The summed E-state index contributed by atoms with van der Waals surface area (Å²) < 4.78 is 0. The minimum atomic E-state index is 0.325. The van der Waals surface area contributed by atoms with E-state index in [1.165, 1.54) is 5.69 Å². The Bertz CT molecular complexity index is 340. The molecule has 1 aromatic heterocycles. The van der Waals surface area contributed by atoms with Gasteiger partial charge >= 0.3 is 0 Å². The van der Waals surface area contributed by atoms with Crippen LogP contribution in [-0.2, 0) is 0 Å². The van der Waals surface area contributed by atoms with Crippen molar-refractivity contribution >= 4 is 11.3 Å². The summed E-state index contributed by atoms with van der Waals surface area (Å²) in [6.45, 7) is 8.73. The number of hydrogen-bond acceptors (Lipinski definition) is 4. The zero-order valence-electron chi connectivity index (χ0n) is 10.3. The van der Waals surface area contributed by atoms with Crippen LogP contribution in [0.25, 0.3) is 0 Å². The van der Waals surface area contributed by atoms with Crippen molar-refractivity contribution < 1.29 is 0 Å². The Labute approximate surface area is 102 Å². The molecule has 3 nitrogen and oxygen atoms in total. The second-order valence-electron chi connectivity index (χ2n) is 5.02. The molecule has 0 saturated carbocycles. The number of hydrogen-bond donors (Lipinski definition) is 1. The smallest absolute Gasteiger partial charge is 0.0898 e. The number of likely N-dealkylation sites (tertiary alicyclic amines) is 1. The van der Waals surface area contributed by atoms with E-state index >= 15 is 0 Å². The number of nitrogens with two attached hydrogens (primary N) is 1. The number of nitrogens with zero attached hydrogens (tertiary/aromatic N) is 2. The molecule has 0 aliphatic carbocycles. The minimum Gasteiger partial charge on any atom is -0.327 e. The van der Waals surface area contributed by atoms with Gasteiger partial charge in [0.05, 0.1) is 16.7 Å². The van der Waals surface area contributed by atoms with Crippen molar-refractivity contribution in [2.24, 2.45) is 11.7 Å². The third-order valence-corrected chi connectivity index (χ3v) is 4.12. The first kappa shape index (κ1) is 12.0. The van der Waals surface area contributed by atoms with Crippen LogP contribution in [0.3, 0.4) is 0 Å². The van der Waals surface area contributed by atoms with E-state index in [0.29, 0.717) is 18.0 Å². The standard InChI is InChI=1S/C12H21N3S/c1-8-4-11(13)6-15(5-8)9(2)12-7-16-10(3)14-12/h7-9,11H,4-6,13H2,1-3H3. The van der Waals surface area contributed by atoms with E-state index in [4.69, 9.17) is 5.73 Å². The molecular formula is C12H21N3S. The van der Waals surface area contributed by atoms with Crippen LogP contribution in [0.5, 0.6) is 0 Å². The zero-order valence-corrected chi connectivity index (χ0v) is 11.1. The Morgan fingerprint density at radius 2 is 2.31 bits per heavy atom. The SMILES string of the molecule is Cc1nc(C(C)N2CC(C)CC(N)C2)cs1. The highest BCUT2D eigenvalue weighted by Crippen LogP contribution is 2.26. The lowest BCUT2D eigenvalue weighted by Crippen LogP contribution is -2.47. The molecule has 3 unspecified atom stereocenters. The Balaban J connectivity index is 2.06. The maximum absolute atomic E-state index is 6.08. The summed E-state index contributed by atoms with van der Waals surface area (Å²) in [5.74, 6) is 0.700. The highest BCUT2D eigenvalue weighted by Gasteiger charge is 2.27. The maximum atomic E-state index is 6.08. The first-order valence-corrected chi connectivity index (χ1v) is 6.86. The van der Waals surface area contributed by atoms with Gasteiger partial charge in [-0.15, -0.1) is 11.3 Å². The molecule has 0 bridgehead atoms. The quantitative estimate of drug-likeness (QED) is 0.860. The van der Waals surface area contributed by atoms with Gasteiger partial charge in [-0.3, -0.25) is 4.90 Å². The van der Waals surface area contributed by atoms with Gasteiger partial charge in [-0.1, -0.05) is 6.92 Å². The van der Waals surface area contributed by atoms with E-state index in [0.717, 1.165) is 24.5 Å². The first-order chi connectivity index (χ1) is 7.56. The zero-order chi connectivity index (χ0) is 11.7. The normalized spacial score (nSPS) is 29.2. The molecule has 0 aromatic carbocycles. The molecular weight excluding hydrogens is 218 g/mol. The third-order valence-electron chi connectivity index (χ3n) is 3.33. The highest BCUT2D eigenvalue weighted by atomic mass is 32.1. The van der Waals surface area contributed by atoms with E-state index < -0.39 is 0 Å². The number of aryl methyl sites for hydroxylation is 1. The largest absolute Gasteiger partial charge is 0.327 e. The van der Waals surface area contributed by atoms with Gasteiger partial charge in [0.2, 0.25) is 0 Å². The molecule has 3 atom stereocenters. The third kappa shape index (κ3) is 2.62. The Hall–Kier alpha value is -0.450. The second-order valence-corrected chi connectivity index (χ2v) is 6.08. The van der Waals surface area contributed by atoms with E-state index in [9.17, 15) is 0 Å². The summed E-state index contributed by atoms with van der Waals surface area (Å²) in [5, 5.41) is 3.32. The van der Waals surface area contributed by atoms with Crippen molar-refractivity contribution in [3.63, 3.8) is 0 Å². The fourth-order valence-electron chi connectivity index (χ4n) is 2.52. The maximum Gasteiger partial charge on any atom is 0.0898 e. The molecule has 0 radical (unpaired) electrons. The minimum absolute atomic E-state index is 0.325. The van der Waals surface area contributed by atoms with Gasteiger partial charge in [-0.05, 0) is 26.2 Å². The Kier molecular flexibility index (Phi) is 3.62. The molecule has 4 heteroatoms. The molecule has 90 valence electrons. The molecule has 0 amide bonds. The molecule has 16 heavy (non-hydrogen) atoms. The number of piperidine rings is 1. The van der Waals surface area contributed by atoms with Crippen molar-refractivity contribution in [3.05, 3.63) is 16.1 Å². The molecule has 1 aliphatic rings. The van der Waals surface area contributed by atoms with Crippen LogP contribution in [0.1, 0.15) is 37.0 Å². The van der Waals surface area contributed by atoms with Crippen LogP contribution in [0, 0.1) is 12.8 Å². The molecule has 2 rings (SSSR count). The van der Waals surface area contributed by atoms with Crippen LogP contribution in [0.15, 0.2) is 5.38 Å². The lowest BCUT2D eigenvalue weighted by Gasteiger charge is -2.38. The average molecular weight is 239 g/mol. The van der Waals surface area contributed by atoms with Crippen LogP contribution >= 0.6 is 11.3 Å². The molecule has 1 saturated heterocycles. The molecule has 1 aliphatic heterocycles. The van der Waals surface area contributed by atoms with E-state index in [1.807, 2.05) is 0 Å². The van der Waals surface area contributed by atoms with E-state index in [1.54, 1.807) is 11.3 Å². The molecule has 1 fully saturated rings. The highest BCUT2D eigenvalue weighted by molar-refractivity contribution is 7.09. The van der Waals surface area contributed by atoms with Crippen LogP contribution < -0.4 is 5.73 Å². The second kappa shape index (κ2) is 4.82. The summed E-state index contributed by atoms with van der Waals surface area (Å²) in [4.78, 5) is 7.04. The summed E-state index contributed by atoms with van der Waals surface area (Å²) >= 11 is 1.73. The van der Waals surface area contributed by atoms with Crippen molar-refractivity contribution in [2.45, 2.75) is 39.3 Å². The molecule has 0 spiro atoms. The lowest BCUT2D eigenvalue weighted by molar-refractivity contribution is 0.122. The van der Waals surface area contributed by atoms with Gasteiger partial charge in [0.25, 0.3) is 0 Å². The van der Waals surface area contributed by atoms with Crippen molar-refractivity contribution in [1.82, 2.24) is 9.88 Å². The van der Waals surface area contributed by atoms with E-state index in [-0.39, 0.29) is 0 Å². The number of rotatable bonds is 2. The molecule has 2 heterocycles. The number of thiazole rings is 1. The topological polar surface area (TPSA) is 42.2 Å². The Morgan fingerprint density at radius 1 is 1.56 bits per heavy atom. The monoisotopic (exact) mass is 239 g/mol. The van der Waals surface area contributed by atoms with Crippen LogP contribution in [0.4, 0.5) is 0 Å². The van der Waals surface area contributed by atoms with Crippen molar-refractivity contribution in [2.75, 3.05) is 13.1 Å². The van der Waals surface area contributed by atoms with Crippen LogP contribution in [-0.4, -0.2) is 29.0 Å². The summed E-state index contributed by atoms with van der Waals surface area (Å²) in [5.41, 5.74) is 7.28.